The molecule has 10 heteroatoms. The number of aliphatic carboxylic acids is 1. The Morgan fingerprint density at radius 3 is 2.27 bits per heavy atom. The van der Waals surface area contributed by atoms with Gasteiger partial charge in [-0.3, -0.25) is 14.4 Å². The summed E-state index contributed by atoms with van der Waals surface area (Å²) in [5, 5.41) is 18.0. The number of nitrogens with two attached hydrogens (primary N) is 1. The number of aromatic nitrogens is 1. The lowest BCUT2D eigenvalue weighted by atomic mass is 10.0. The molecular formula is C27H33N5O5. The van der Waals surface area contributed by atoms with Crippen LogP contribution < -0.4 is 21.7 Å². The smallest absolute Gasteiger partial charge is 0.326 e. The lowest BCUT2D eigenvalue weighted by molar-refractivity contribution is -0.143. The summed E-state index contributed by atoms with van der Waals surface area (Å²) < 4.78 is 0. The number of carbonyl (C=O) groups is 4. The Morgan fingerprint density at radius 1 is 0.919 bits per heavy atom. The number of aromatic amines is 1. The van der Waals surface area contributed by atoms with E-state index in [4.69, 9.17) is 5.73 Å². The number of benzene rings is 2. The highest BCUT2D eigenvalue weighted by molar-refractivity contribution is 5.93. The fourth-order valence-corrected chi connectivity index (χ4v) is 4.00. The second-order valence-electron chi connectivity index (χ2n) is 9.27. The Morgan fingerprint density at radius 2 is 1.59 bits per heavy atom. The van der Waals surface area contributed by atoms with Crippen LogP contribution in [0.3, 0.4) is 0 Å². The number of hydrogen-bond donors (Lipinski definition) is 6. The maximum absolute atomic E-state index is 13.1. The third-order valence-electron chi connectivity index (χ3n) is 6.04. The Labute approximate surface area is 215 Å². The van der Waals surface area contributed by atoms with Gasteiger partial charge in [-0.05, 0) is 29.5 Å². The maximum Gasteiger partial charge on any atom is 0.326 e. The number of H-pyrrole nitrogens is 1. The van der Waals surface area contributed by atoms with Crippen molar-refractivity contribution in [1.82, 2.24) is 20.9 Å². The van der Waals surface area contributed by atoms with Crippen LogP contribution in [0.4, 0.5) is 0 Å². The zero-order valence-corrected chi connectivity index (χ0v) is 20.9. The number of amides is 3. The molecular weight excluding hydrogens is 474 g/mol. The molecule has 0 radical (unpaired) electrons. The third kappa shape index (κ3) is 7.65. The molecule has 0 aliphatic carbocycles. The van der Waals surface area contributed by atoms with Crippen molar-refractivity contribution in [2.75, 3.05) is 6.54 Å². The minimum atomic E-state index is -1.17. The number of carbonyl (C=O) groups excluding carboxylic acids is 3. The van der Waals surface area contributed by atoms with Gasteiger partial charge in [-0.2, -0.15) is 0 Å². The van der Waals surface area contributed by atoms with Gasteiger partial charge in [-0.1, -0.05) is 62.4 Å². The zero-order chi connectivity index (χ0) is 26.9. The van der Waals surface area contributed by atoms with E-state index in [1.54, 1.807) is 20.0 Å². The first kappa shape index (κ1) is 27.4. The Kier molecular flexibility index (Phi) is 9.39. The van der Waals surface area contributed by atoms with Gasteiger partial charge in [-0.15, -0.1) is 0 Å². The molecule has 10 nitrogen and oxygen atoms in total. The van der Waals surface area contributed by atoms with Gasteiger partial charge in [0.2, 0.25) is 17.7 Å². The van der Waals surface area contributed by atoms with Crippen LogP contribution in [0.25, 0.3) is 10.9 Å². The van der Waals surface area contributed by atoms with Crippen LogP contribution in [0.5, 0.6) is 0 Å². The van der Waals surface area contributed by atoms with Crippen LogP contribution in [-0.4, -0.2) is 58.5 Å². The highest BCUT2D eigenvalue weighted by atomic mass is 16.4. The minimum absolute atomic E-state index is 0.119. The first-order valence-corrected chi connectivity index (χ1v) is 12.1. The monoisotopic (exact) mass is 507 g/mol. The molecule has 0 aliphatic heterocycles. The normalized spacial score (nSPS) is 13.5. The average Bonchev–Trinajstić information content (AvgIpc) is 3.28. The van der Waals surface area contributed by atoms with Gasteiger partial charge in [0.1, 0.15) is 12.1 Å². The van der Waals surface area contributed by atoms with Crippen LogP contribution >= 0.6 is 0 Å². The summed E-state index contributed by atoms with van der Waals surface area (Å²) in [7, 11) is 0. The maximum atomic E-state index is 13.1. The summed E-state index contributed by atoms with van der Waals surface area (Å²) in [6.07, 6.45) is 2.18. The number of para-hydroxylation sites is 1. The lowest BCUT2D eigenvalue weighted by Gasteiger charge is -2.23. The van der Waals surface area contributed by atoms with Crippen molar-refractivity contribution in [3.05, 3.63) is 71.9 Å². The van der Waals surface area contributed by atoms with E-state index in [9.17, 15) is 24.3 Å². The predicted molar refractivity (Wildman–Crippen MR) is 139 cm³/mol. The average molecular weight is 508 g/mol. The first-order chi connectivity index (χ1) is 17.7. The van der Waals surface area contributed by atoms with Crippen LogP contribution in [-0.2, 0) is 32.0 Å². The molecule has 3 unspecified atom stereocenters. The molecule has 196 valence electrons. The molecule has 0 saturated carbocycles. The second-order valence-corrected chi connectivity index (χ2v) is 9.27. The Balaban J connectivity index is 1.67. The van der Waals surface area contributed by atoms with Gasteiger partial charge in [0.15, 0.2) is 0 Å². The highest BCUT2D eigenvalue weighted by Gasteiger charge is 2.29. The Bertz CT molecular complexity index is 1240. The van der Waals surface area contributed by atoms with E-state index < -0.39 is 41.8 Å². The van der Waals surface area contributed by atoms with E-state index in [1.807, 2.05) is 54.6 Å². The molecule has 0 aliphatic rings. The summed E-state index contributed by atoms with van der Waals surface area (Å²) >= 11 is 0. The molecule has 3 aromatic rings. The Hall–Kier alpha value is -4.18. The van der Waals surface area contributed by atoms with E-state index >= 15 is 0 Å². The third-order valence-corrected chi connectivity index (χ3v) is 6.04. The summed E-state index contributed by atoms with van der Waals surface area (Å²) in [6, 6.07) is 13.8. The number of rotatable bonds is 12. The van der Waals surface area contributed by atoms with E-state index in [0.29, 0.717) is 6.42 Å². The molecule has 7 N–H and O–H groups in total. The SMILES string of the molecule is CC(C)C(NC(=O)C(Cc1c[nH]c2ccccc12)NC(=O)CNC(=O)C(N)Cc1ccccc1)C(=O)O. The highest BCUT2D eigenvalue weighted by Crippen LogP contribution is 2.19. The van der Waals surface area contributed by atoms with Gasteiger partial charge < -0.3 is 31.8 Å². The molecule has 37 heavy (non-hydrogen) atoms. The van der Waals surface area contributed by atoms with Crippen LogP contribution in [0.1, 0.15) is 25.0 Å². The molecule has 3 rings (SSSR count). The molecule has 0 bridgehead atoms. The topological polar surface area (TPSA) is 166 Å². The number of hydrogen-bond acceptors (Lipinski definition) is 5. The number of carboxylic acids is 1. The van der Waals surface area contributed by atoms with Gasteiger partial charge in [0, 0.05) is 23.5 Å². The molecule has 0 fully saturated rings. The quantitative estimate of drug-likeness (QED) is 0.215. The summed E-state index contributed by atoms with van der Waals surface area (Å²) in [5.74, 6) is -3.26. The molecule has 0 saturated heterocycles. The molecule has 1 heterocycles. The van der Waals surface area contributed by atoms with E-state index in [2.05, 4.69) is 20.9 Å². The number of carboxylic acid groups (broad SMARTS) is 1. The van der Waals surface area contributed by atoms with Crippen LogP contribution in [0.15, 0.2) is 60.8 Å². The zero-order valence-electron chi connectivity index (χ0n) is 20.9. The van der Waals surface area contributed by atoms with E-state index in [-0.39, 0.29) is 18.9 Å². The second kappa shape index (κ2) is 12.7. The molecule has 2 aromatic carbocycles. The predicted octanol–water partition coefficient (Wildman–Crippen LogP) is 1.11. The minimum Gasteiger partial charge on any atom is -0.480 e. The standard InChI is InChI=1S/C27H33N5O5/c1-16(2)24(27(36)37)32-26(35)22(13-18-14-29-21-11-7-6-10-19(18)21)31-23(33)15-30-25(34)20(28)12-17-8-4-3-5-9-17/h3-11,14,16,20,22,24,29H,12-13,15,28H2,1-2H3,(H,30,34)(H,31,33)(H,32,35)(H,36,37). The number of nitrogens with one attached hydrogen (secondary N) is 4. The first-order valence-electron chi connectivity index (χ1n) is 12.1. The summed E-state index contributed by atoms with van der Waals surface area (Å²) in [5.41, 5.74) is 8.51. The van der Waals surface area contributed by atoms with Crippen LogP contribution in [0.2, 0.25) is 0 Å². The van der Waals surface area contributed by atoms with E-state index in [0.717, 1.165) is 22.0 Å². The van der Waals surface area contributed by atoms with Crippen molar-refractivity contribution in [1.29, 1.82) is 0 Å². The van der Waals surface area contributed by atoms with Crippen molar-refractivity contribution in [3.63, 3.8) is 0 Å². The molecule has 1 aromatic heterocycles. The molecule has 3 atom stereocenters. The number of fused-ring (bicyclic) bond motifs is 1. The van der Waals surface area contributed by atoms with Crippen molar-refractivity contribution in [2.45, 2.75) is 44.8 Å². The van der Waals surface area contributed by atoms with Crippen molar-refractivity contribution in [2.24, 2.45) is 11.7 Å². The van der Waals surface area contributed by atoms with Gasteiger partial charge in [0.25, 0.3) is 0 Å². The van der Waals surface area contributed by atoms with Crippen molar-refractivity contribution >= 4 is 34.6 Å². The van der Waals surface area contributed by atoms with Gasteiger partial charge >= 0.3 is 5.97 Å². The van der Waals surface area contributed by atoms with E-state index in [1.165, 1.54) is 0 Å². The fraction of sp³-hybridized carbons (Fsp3) is 0.333. The lowest BCUT2D eigenvalue weighted by Crippen LogP contribution is -2.55. The largest absolute Gasteiger partial charge is 0.480 e. The molecule has 3 amide bonds. The van der Waals surface area contributed by atoms with Crippen molar-refractivity contribution in [3.8, 4) is 0 Å². The summed E-state index contributed by atoms with van der Waals surface area (Å²) in [4.78, 5) is 53.0. The van der Waals surface area contributed by atoms with Crippen LogP contribution in [0, 0.1) is 5.92 Å². The van der Waals surface area contributed by atoms with Gasteiger partial charge in [0.05, 0.1) is 12.6 Å². The van der Waals surface area contributed by atoms with Gasteiger partial charge in [-0.25, -0.2) is 4.79 Å². The summed E-state index contributed by atoms with van der Waals surface area (Å²) in [6.45, 7) is 2.98. The molecule has 0 spiro atoms. The van der Waals surface area contributed by atoms with Crippen molar-refractivity contribution < 1.29 is 24.3 Å². The fourth-order valence-electron chi connectivity index (χ4n) is 4.00.